The van der Waals surface area contributed by atoms with Crippen molar-refractivity contribution >= 4 is 48.1 Å². The molecule has 66 heavy (non-hydrogen) atoms. The molecule has 2 fully saturated rings. The van der Waals surface area contributed by atoms with Crippen LogP contribution >= 0.6 is 0 Å². The molecule has 0 N–H and O–H groups in total. The molecule has 20 nitrogen and oxygen atoms in total. The molecule has 2 aliphatic heterocycles. The van der Waals surface area contributed by atoms with Gasteiger partial charge in [0, 0.05) is 12.2 Å². The summed E-state index contributed by atoms with van der Waals surface area (Å²) >= 11 is 0. The van der Waals surface area contributed by atoms with Crippen molar-refractivity contribution in [3.8, 4) is 23.0 Å². The average molecular weight is 911 g/mol. The Kier molecular flexibility index (Phi) is 16.3. The number of hydrogen-bond acceptors (Lipinski definition) is 20. The van der Waals surface area contributed by atoms with Crippen LogP contribution in [0, 0.1) is 0 Å². The fourth-order valence-corrected chi connectivity index (χ4v) is 5.91. The van der Waals surface area contributed by atoms with E-state index in [1.807, 2.05) is 0 Å². The third-order valence-electron chi connectivity index (χ3n) is 9.09. The van der Waals surface area contributed by atoms with Crippen LogP contribution < -0.4 is 18.9 Å². The molecule has 342 valence electrons. The van der Waals surface area contributed by atoms with Crippen molar-refractivity contribution in [2.75, 3.05) is 39.6 Å². The first-order valence-corrected chi connectivity index (χ1v) is 19.7. The zero-order chi connectivity index (χ0) is 47.0. The fraction of sp³-hybridized carbons (Fsp3) is 0.217. The van der Waals surface area contributed by atoms with Gasteiger partial charge in [-0.05, 0) is 97.1 Å². The summed E-state index contributed by atoms with van der Waals surface area (Å²) in [5, 5.41) is 0. The van der Waals surface area contributed by atoms with Crippen LogP contribution in [0.3, 0.4) is 0 Å². The number of benzene rings is 4. The Morgan fingerprint density at radius 2 is 0.712 bits per heavy atom. The second-order valence-electron chi connectivity index (χ2n) is 13.5. The lowest BCUT2D eigenvalue weighted by atomic mass is 10.1. The van der Waals surface area contributed by atoms with E-state index in [0.29, 0.717) is 0 Å². The third kappa shape index (κ3) is 13.3. The van der Waals surface area contributed by atoms with Gasteiger partial charge >= 0.3 is 48.1 Å². The van der Waals surface area contributed by atoms with Crippen LogP contribution in [0.1, 0.15) is 41.4 Å². The normalized spacial score (nSPS) is 16.8. The zero-order valence-electron chi connectivity index (χ0n) is 34.5. The second kappa shape index (κ2) is 22.8. The molecule has 2 aliphatic rings. The summed E-state index contributed by atoms with van der Waals surface area (Å²) in [6.07, 6.45) is -3.24. The van der Waals surface area contributed by atoms with Crippen LogP contribution in [0.4, 0.5) is 9.59 Å². The molecule has 20 heteroatoms. The Morgan fingerprint density at radius 3 is 1.03 bits per heavy atom. The fourth-order valence-electron chi connectivity index (χ4n) is 5.91. The summed E-state index contributed by atoms with van der Waals surface area (Å²) in [5.41, 5.74) is 0.551. The Bertz CT molecular complexity index is 2250. The van der Waals surface area contributed by atoms with Crippen LogP contribution in [0.25, 0.3) is 0 Å². The van der Waals surface area contributed by atoms with Gasteiger partial charge < -0.3 is 56.8 Å². The number of esters is 6. The molecular formula is C46H38O20. The van der Waals surface area contributed by atoms with Crippen molar-refractivity contribution in [3.05, 3.63) is 145 Å². The topological polar surface area (TPSA) is 247 Å². The van der Waals surface area contributed by atoms with Gasteiger partial charge in [-0.3, -0.25) is 0 Å². The van der Waals surface area contributed by atoms with Gasteiger partial charge in [0.15, 0.2) is 12.2 Å². The first-order valence-electron chi connectivity index (χ1n) is 19.7. The van der Waals surface area contributed by atoms with E-state index in [-0.39, 0.29) is 84.9 Å². The summed E-state index contributed by atoms with van der Waals surface area (Å²) in [7, 11) is 0. The Hall–Kier alpha value is -8.36. The molecule has 0 spiro atoms. The molecule has 0 amide bonds. The molecule has 6 rings (SSSR count). The summed E-state index contributed by atoms with van der Waals surface area (Å²) in [5.74, 6) is -3.79. The van der Waals surface area contributed by atoms with E-state index in [0.717, 1.165) is 12.2 Å². The van der Waals surface area contributed by atoms with Crippen LogP contribution in [0.15, 0.2) is 122 Å². The maximum atomic E-state index is 13.0. The highest BCUT2D eigenvalue weighted by Gasteiger charge is 2.51. The number of fused-ring (bicyclic) bond motifs is 1. The molecular weight excluding hydrogens is 872 g/mol. The Morgan fingerprint density at radius 1 is 0.424 bits per heavy atom. The number of ether oxygens (including phenoxy) is 12. The van der Waals surface area contributed by atoms with Gasteiger partial charge in [-0.15, -0.1) is 0 Å². The Labute approximate surface area is 374 Å². The molecule has 0 unspecified atom stereocenters. The first kappa shape index (κ1) is 47.1. The van der Waals surface area contributed by atoms with Crippen molar-refractivity contribution in [1.82, 2.24) is 0 Å². The predicted octanol–water partition coefficient (Wildman–Crippen LogP) is 5.16. The van der Waals surface area contributed by atoms with E-state index in [2.05, 4.69) is 22.6 Å². The van der Waals surface area contributed by atoms with Crippen LogP contribution in [-0.4, -0.2) is 112 Å². The maximum Gasteiger partial charge on any atom is 0.513 e. The summed E-state index contributed by atoms with van der Waals surface area (Å²) in [6.45, 7) is 5.61. The van der Waals surface area contributed by atoms with Crippen molar-refractivity contribution in [2.45, 2.75) is 24.4 Å². The molecule has 4 aromatic carbocycles. The lowest BCUT2D eigenvalue weighted by Gasteiger charge is -2.17. The van der Waals surface area contributed by atoms with E-state index >= 15 is 0 Å². The minimum Gasteiger partial charge on any atom is -0.459 e. The van der Waals surface area contributed by atoms with Gasteiger partial charge in [-0.2, -0.15) is 0 Å². The van der Waals surface area contributed by atoms with Crippen LogP contribution in [0.5, 0.6) is 23.0 Å². The van der Waals surface area contributed by atoms with Gasteiger partial charge in [-0.1, -0.05) is 13.2 Å². The number of carbonyl (C=O) groups is 8. The van der Waals surface area contributed by atoms with Crippen molar-refractivity contribution in [3.63, 3.8) is 0 Å². The first-order chi connectivity index (χ1) is 31.9. The molecule has 2 saturated heterocycles. The van der Waals surface area contributed by atoms with Gasteiger partial charge in [0.25, 0.3) is 0 Å². The molecule has 2 heterocycles. The van der Waals surface area contributed by atoms with Gasteiger partial charge in [0.2, 0.25) is 0 Å². The van der Waals surface area contributed by atoms with E-state index < -0.39 is 72.5 Å². The Balaban J connectivity index is 0.900. The van der Waals surface area contributed by atoms with Crippen molar-refractivity contribution in [1.29, 1.82) is 0 Å². The molecule has 0 radical (unpaired) electrons. The largest absolute Gasteiger partial charge is 0.513 e. The van der Waals surface area contributed by atoms with Crippen LogP contribution in [0.2, 0.25) is 0 Å². The summed E-state index contributed by atoms with van der Waals surface area (Å²) < 4.78 is 62.7. The summed E-state index contributed by atoms with van der Waals surface area (Å²) in [4.78, 5) is 97.1. The molecule has 0 aromatic heterocycles. The summed E-state index contributed by atoms with van der Waals surface area (Å²) in [6, 6.07) is 22.0. The number of rotatable bonds is 18. The highest BCUT2D eigenvalue weighted by Crippen LogP contribution is 2.32. The van der Waals surface area contributed by atoms with Crippen LogP contribution in [-0.2, 0) is 47.5 Å². The maximum absolute atomic E-state index is 13.0. The monoisotopic (exact) mass is 910 g/mol. The van der Waals surface area contributed by atoms with Crippen molar-refractivity contribution < 1.29 is 95.2 Å². The number of carbonyl (C=O) groups excluding carboxylic acids is 8. The van der Waals surface area contributed by atoms with E-state index in [1.165, 1.54) is 97.1 Å². The van der Waals surface area contributed by atoms with Gasteiger partial charge in [0.1, 0.15) is 61.6 Å². The van der Waals surface area contributed by atoms with E-state index in [1.54, 1.807) is 0 Å². The standard InChI is InChI=1S/C46H38O20/c1-3-37(47)55-21-23-57-45(53)63-33-17-9-27(10-18-33)41(49)61-31-13-5-29(6-14-31)43(51)65-35-25-59-40-36(26-60-39(35)40)66-44(52)30-7-15-32(16-8-30)62-42(50)28-11-19-34(20-12-28)64-46(54)58-24-22-56-38(48)4-2/h3-20,35-36,39-40H,1-2,21-26H2/t35-,36+,39-,40-/m1/s1. The molecule has 0 bridgehead atoms. The molecule has 0 saturated carbocycles. The van der Waals surface area contributed by atoms with E-state index in [9.17, 15) is 38.4 Å². The lowest BCUT2D eigenvalue weighted by molar-refractivity contribution is -0.139. The SMILES string of the molecule is C=CC(=O)OCCOC(=O)Oc1ccc(C(=O)Oc2ccc(C(=O)O[C@H]3CO[C@H]4[C@@H]3OC[C@H]4OC(=O)c3ccc(OC(=O)c4ccc(OC(=O)OCCOC(=O)C=C)cc4)cc3)cc2)cc1. The third-order valence-corrected chi connectivity index (χ3v) is 9.09. The number of hydrogen-bond donors (Lipinski definition) is 0. The van der Waals surface area contributed by atoms with Gasteiger partial charge in [0.05, 0.1) is 35.5 Å². The van der Waals surface area contributed by atoms with E-state index in [4.69, 9.17) is 47.4 Å². The zero-order valence-corrected chi connectivity index (χ0v) is 34.5. The predicted molar refractivity (Wildman–Crippen MR) is 220 cm³/mol. The second-order valence-corrected chi connectivity index (χ2v) is 13.5. The lowest BCUT2D eigenvalue weighted by Crippen LogP contribution is -2.36. The molecule has 4 aromatic rings. The highest BCUT2D eigenvalue weighted by atomic mass is 16.7. The highest BCUT2D eigenvalue weighted by molar-refractivity contribution is 5.93. The molecule has 0 aliphatic carbocycles. The average Bonchev–Trinajstić information content (AvgIpc) is 3.92. The van der Waals surface area contributed by atoms with Crippen molar-refractivity contribution in [2.24, 2.45) is 0 Å². The minimum atomic E-state index is -1.05. The quantitative estimate of drug-likeness (QED) is 0.0312. The molecule has 4 atom stereocenters. The smallest absolute Gasteiger partial charge is 0.459 e. The van der Waals surface area contributed by atoms with Gasteiger partial charge in [-0.25, -0.2) is 38.4 Å². The minimum absolute atomic E-state index is 0.0258.